The summed E-state index contributed by atoms with van der Waals surface area (Å²) in [7, 11) is 0. The zero-order valence-electron chi connectivity index (χ0n) is 47.2. The predicted octanol–water partition coefficient (Wildman–Crippen LogP) is -7.35. The van der Waals surface area contributed by atoms with E-state index in [2.05, 4.69) is 65.4 Å². The van der Waals surface area contributed by atoms with Crippen molar-refractivity contribution in [2.24, 2.45) is 34.6 Å². The summed E-state index contributed by atoms with van der Waals surface area (Å²) < 4.78 is 0. The molecule has 1 saturated heterocycles. The van der Waals surface area contributed by atoms with Crippen LogP contribution in [0, 0.1) is 5.92 Å². The lowest BCUT2D eigenvalue weighted by Gasteiger charge is -2.29. The lowest BCUT2D eigenvalue weighted by Crippen LogP contribution is -2.62. The molecule has 30 heteroatoms. The van der Waals surface area contributed by atoms with Gasteiger partial charge in [0.2, 0.25) is 65.0 Å². The van der Waals surface area contributed by atoms with Crippen LogP contribution in [-0.2, 0) is 52.7 Å². The molecule has 0 aromatic heterocycles. The van der Waals surface area contributed by atoms with Crippen molar-refractivity contribution in [1.82, 2.24) is 58.5 Å². The molecule has 11 amide bonds. The van der Waals surface area contributed by atoms with E-state index in [4.69, 9.17) is 28.7 Å². The molecule has 458 valence electrons. The van der Waals surface area contributed by atoms with Gasteiger partial charge in [-0.1, -0.05) is 46.5 Å². The van der Waals surface area contributed by atoms with Crippen LogP contribution in [0.25, 0.3) is 0 Å². The Hall–Kier alpha value is -6.15. The standard InChI is InChI=1S/C50H94N16O14/c1-7-8-9-10-11-12-37(70)57-30(13-19-51)45(75)65-39(28(5)68)49(79)62-33(16-22-54)42(72)60-35-18-24-56-48(78)38(27(4)67)64-46(76)34(17-23-55)59-41(71)32(15-21-53)61-50(80)40(29(6)69)66-47(77)36(25-26(2)3)63-43(73)31(14-20-52)58-44(35)74/h26-36,38-40,67-69H,7-25,51-55H2,1-6H3,(H,56,78)(H,57,70)(H,58,74)(H,59,71)(H,60,72)(H,61,80)(H,62,79)(H,63,73)(H,64,76)(H,65,75)(H,66,77)/t27-,28-,29-,30+,31+,32+,33+,34+,35+,36?,38+,39+,40+/m1/s1. The molecule has 0 radical (unpaired) electrons. The summed E-state index contributed by atoms with van der Waals surface area (Å²) in [5.41, 5.74) is 29.0. The van der Waals surface area contributed by atoms with Gasteiger partial charge in [-0.3, -0.25) is 52.7 Å². The van der Waals surface area contributed by atoms with Crippen LogP contribution in [0.1, 0.15) is 125 Å². The first-order valence-electron chi connectivity index (χ1n) is 27.7. The second-order valence-electron chi connectivity index (χ2n) is 20.4. The zero-order valence-corrected chi connectivity index (χ0v) is 47.2. The maximum absolute atomic E-state index is 14.4. The van der Waals surface area contributed by atoms with Crippen molar-refractivity contribution < 1.29 is 68.1 Å². The van der Waals surface area contributed by atoms with Crippen LogP contribution in [-0.4, -0.2) is 198 Å². The summed E-state index contributed by atoms with van der Waals surface area (Å²) >= 11 is 0. The third-order valence-electron chi connectivity index (χ3n) is 12.9. The Morgan fingerprint density at radius 2 is 0.975 bits per heavy atom. The first-order valence-corrected chi connectivity index (χ1v) is 27.7. The second-order valence-corrected chi connectivity index (χ2v) is 20.4. The van der Waals surface area contributed by atoms with Crippen LogP contribution >= 0.6 is 0 Å². The quantitative estimate of drug-likeness (QED) is 0.0324. The molecule has 1 unspecified atom stereocenters. The lowest BCUT2D eigenvalue weighted by molar-refractivity contribution is -0.137. The molecule has 1 aliphatic heterocycles. The summed E-state index contributed by atoms with van der Waals surface area (Å²) in [5, 5.41) is 59.3. The topological polar surface area (TPSA) is 511 Å². The number of aliphatic hydroxyl groups excluding tert-OH is 3. The van der Waals surface area contributed by atoms with E-state index < -0.39 is 157 Å². The Morgan fingerprint density at radius 3 is 1.45 bits per heavy atom. The van der Waals surface area contributed by atoms with Gasteiger partial charge in [-0.05, 0) is 111 Å². The molecule has 0 aromatic rings. The van der Waals surface area contributed by atoms with Gasteiger partial charge in [-0.2, -0.15) is 0 Å². The summed E-state index contributed by atoms with van der Waals surface area (Å²) in [6.07, 6.45) is -1.70. The van der Waals surface area contributed by atoms with E-state index in [-0.39, 0.29) is 83.6 Å². The van der Waals surface area contributed by atoms with Crippen LogP contribution < -0.4 is 87.2 Å². The predicted molar refractivity (Wildman–Crippen MR) is 293 cm³/mol. The van der Waals surface area contributed by atoms with Crippen LogP contribution in [0.5, 0.6) is 0 Å². The molecule has 0 aromatic carbocycles. The summed E-state index contributed by atoms with van der Waals surface area (Å²) in [4.78, 5) is 152. The SMILES string of the molecule is CCCCCCCC(=O)N[C@@H](CCN)C(=O)N[C@H](C(=O)N[C@@H](CCN)C(=O)N[C@H]1CCNC(=O)[C@H]([C@@H](C)O)NC(=O)[C@H](CCN)NC(=O)[C@H](CCN)NC(=O)[C@H]([C@@H](C)O)NC(=O)C(CC(C)C)NC(=O)[C@H](CCN)NC1=O)[C@@H](C)O. The van der Waals surface area contributed by atoms with E-state index >= 15 is 0 Å². The lowest BCUT2D eigenvalue weighted by atomic mass is 10.0. The Balaban J connectivity index is 3.80. The molecule has 24 N–H and O–H groups in total. The highest BCUT2D eigenvalue weighted by molar-refractivity contribution is 5.99. The zero-order chi connectivity index (χ0) is 60.6. The third kappa shape index (κ3) is 26.0. The number of amides is 11. The first kappa shape index (κ1) is 71.9. The van der Waals surface area contributed by atoms with Crippen molar-refractivity contribution in [2.45, 2.75) is 204 Å². The number of hydrogen-bond donors (Lipinski definition) is 19. The molecular weight excluding hydrogens is 1050 g/mol. The van der Waals surface area contributed by atoms with Gasteiger partial charge in [0.05, 0.1) is 18.3 Å². The van der Waals surface area contributed by atoms with Crippen LogP contribution in [0.15, 0.2) is 0 Å². The number of nitrogens with one attached hydrogen (secondary N) is 11. The molecule has 0 spiro atoms. The van der Waals surface area contributed by atoms with Crippen molar-refractivity contribution in [2.75, 3.05) is 39.3 Å². The maximum atomic E-state index is 14.4. The van der Waals surface area contributed by atoms with Crippen molar-refractivity contribution in [3.8, 4) is 0 Å². The van der Waals surface area contributed by atoms with Crippen molar-refractivity contribution in [3.63, 3.8) is 0 Å². The van der Waals surface area contributed by atoms with Crippen molar-refractivity contribution in [1.29, 1.82) is 0 Å². The van der Waals surface area contributed by atoms with E-state index in [1.54, 1.807) is 13.8 Å². The largest absolute Gasteiger partial charge is 0.391 e. The molecular formula is C50H94N16O14. The highest BCUT2D eigenvalue weighted by Crippen LogP contribution is 2.11. The molecule has 1 rings (SSSR count). The van der Waals surface area contributed by atoms with Gasteiger partial charge >= 0.3 is 0 Å². The maximum Gasteiger partial charge on any atom is 0.245 e. The highest BCUT2D eigenvalue weighted by Gasteiger charge is 2.38. The Labute approximate surface area is 468 Å². The second kappa shape index (κ2) is 38.5. The van der Waals surface area contributed by atoms with E-state index in [0.717, 1.165) is 25.7 Å². The molecule has 13 atom stereocenters. The average Bonchev–Trinajstić information content (AvgIpc) is 3.38. The number of aliphatic hydroxyl groups is 3. The fourth-order valence-corrected chi connectivity index (χ4v) is 8.34. The molecule has 0 bridgehead atoms. The van der Waals surface area contributed by atoms with Gasteiger partial charge in [-0.15, -0.1) is 0 Å². The van der Waals surface area contributed by atoms with Gasteiger partial charge in [-0.25, -0.2) is 0 Å². The summed E-state index contributed by atoms with van der Waals surface area (Å²) in [5.74, 6) is -10.6. The number of carbonyl (C=O) groups is 11. The molecule has 0 saturated carbocycles. The Bertz CT molecular complexity index is 2020. The van der Waals surface area contributed by atoms with Crippen LogP contribution in [0.4, 0.5) is 0 Å². The third-order valence-corrected chi connectivity index (χ3v) is 12.9. The number of rotatable bonds is 28. The number of nitrogens with two attached hydrogens (primary N) is 5. The monoisotopic (exact) mass is 1140 g/mol. The van der Waals surface area contributed by atoms with Crippen molar-refractivity contribution >= 4 is 65.0 Å². The summed E-state index contributed by atoms with van der Waals surface area (Å²) in [6, 6.07) is -15.4. The molecule has 80 heavy (non-hydrogen) atoms. The van der Waals surface area contributed by atoms with Crippen LogP contribution in [0.3, 0.4) is 0 Å². The summed E-state index contributed by atoms with van der Waals surface area (Å²) in [6.45, 7) is 7.79. The van der Waals surface area contributed by atoms with Gasteiger partial charge < -0.3 is 102 Å². The van der Waals surface area contributed by atoms with E-state index in [1.807, 2.05) is 0 Å². The van der Waals surface area contributed by atoms with Gasteiger partial charge in [0.15, 0.2) is 0 Å². The minimum atomic E-state index is -1.73. The number of hydrogen-bond acceptors (Lipinski definition) is 19. The van der Waals surface area contributed by atoms with Gasteiger partial charge in [0.1, 0.15) is 60.4 Å². The van der Waals surface area contributed by atoms with E-state index in [9.17, 15) is 68.1 Å². The molecule has 1 fully saturated rings. The Kier molecular flexibility index (Phi) is 34.6. The van der Waals surface area contributed by atoms with Gasteiger partial charge in [0, 0.05) is 13.0 Å². The van der Waals surface area contributed by atoms with E-state index in [0.29, 0.717) is 6.42 Å². The number of carbonyl (C=O) groups excluding carboxylic acids is 11. The average molecular weight is 1140 g/mol. The fraction of sp³-hybridized carbons (Fsp3) is 0.780. The van der Waals surface area contributed by atoms with Crippen molar-refractivity contribution in [3.05, 3.63) is 0 Å². The van der Waals surface area contributed by atoms with E-state index in [1.165, 1.54) is 20.8 Å². The molecule has 1 aliphatic rings. The Morgan fingerprint density at radius 1 is 0.525 bits per heavy atom. The smallest absolute Gasteiger partial charge is 0.245 e. The minimum absolute atomic E-state index is 0.0185. The molecule has 0 aliphatic carbocycles. The van der Waals surface area contributed by atoms with Crippen LogP contribution in [0.2, 0.25) is 0 Å². The number of unbranched alkanes of at least 4 members (excludes halogenated alkanes) is 4. The fourth-order valence-electron chi connectivity index (χ4n) is 8.34. The van der Waals surface area contributed by atoms with Gasteiger partial charge in [0.25, 0.3) is 0 Å². The molecule has 1 heterocycles. The minimum Gasteiger partial charge on any atom is -0.391 e. The first-order chi connectivity index (χ1) is 37.8. The molecule has 30 nitrogen and oxygen atoms in total. The normalized spacial score (nSPS) is 23.6. The highest BCUT2D eigenvalue weighted by atomic mass is 16.3.